The van der Waals surface area contributed by atoms with Gasteiger partial charge in [-0.15, -0.1) is 0 Å². The lowest BCUT2D eigenvalue weighted by molar-refractivity contribution is 0.249. The third kappa shape index (κ3) is 2.07. The van der Waals surface area contributed by atoms with Gasteiger partial charge in [0, 0.05) is 0 Å². The minimum atomic E-state index is -1.52. The van der Waals surface area contributed by atoms with Crippen LogP contribution in [0.3, 0.4) is 0 Å². The predicted molar refractivity (Wildman–Crippen MR) is 51.6 cm³/mol. The van der Waals surface area contributed by atoms with E-state index in [2.05, 4.69) is 0 Å². The Kier molecular flexibility index (Phi) is 3.19. The molecule has 1 unspecified atom stereocenters. The van der Waals surface area contributed by atoms with E-state index in [4.69, 9.17) is 32.7 Å². The highest BCUT2D eigenvalue weighted by atomic mass is 35.5. The standard InChI is InChI=1S/C9H5Cl2F3O2/c10-4-6(12)5(11)9(8(14)7(4)13)16-2-3-1-15-3/h3H,1-2H2. The molecule has 1 fully saturated rings. The highest BCUT2D eigenvalue weighted by Crippen LogP contribution is 2.37. The predicted octanol–water partition coefficient (Wildman–Crippen LogP) is 3.19. The van der Waals surface area contributed by atoms with Gasteiger partial charge in [0.1, 0.15) is 22.8 Å². The van der Waals surface area contributed by atoms with Gasteiger partial charge in [0.15, 0.2) is 17.4 Å². The fraction of sp³-hybridized carbons (Fsp3) is 0.333. The summed E-state index contributed by atoms with van der Waals surface area (Å²) in [4.78, 5) is 0. The molecule has 1 aliphatic rings. The first-order valence-electron chi connectivity index (χ1n) is 4.28. The van der Waals surface area contributed by atoms with Crippen molar-refractivity contribution in [1.29, 1.82) is 0 Å². The largest absolute Gasteiger partial charge is 0.486 e. The van der Waals surface area contributed by atoms with Crippen LogP contribution in [0.1, 0.15) is 0 Å². The molecular formula is C9H5Cl2F3O2. The molecule has 1 aliphatic heterocycles. The second kappa shape index (κ2) is 4.31. The van der Waals surface area contributed by atoms with Crippen LogP contribution in [0.2, 0.25) is 10.0 Å². The highest BCUT2D eigenvalue weighted by Gasteiger charge is 2.28. The summed E-state index contributed by atoms with van der Waals surface area (Å²) in [6.45, 7) is 0.453. The molecule has 1 aromatic rings. The Morgan fingerprint density at radius 3 is 2.31 bits per heavy atom. The third-order valence-electron chi connectivity index (χ3n) is 1.99. The van der Waals surface area contributed by atoms with Gasteiger partial charge < -0.3 is 9.47 Å². The number of epoxide rings is 1. The van der Waals surface area contributed by atoms with E-state index < -0.39 is 33.2 Å². The first-order valence-corrected chi connectivity index (χ1v) is 5.03. The fourth-order valence-electron chi connectivity index (χ4n) is 1.05. The fourth-order valence-corrected chi connectivity index (χ4v) is 1.51. The lowest BCUT2D eigenvalue weighted by atomic mass is 10.3. The topological polar surface area (TPSA) is 21.8 Å². The Morgan fingerprint density at radius 2 is 1.75 bits per heavy atom. The Balaban J connectivity index is 2.34. The second-order valence-corrected chi connectivity index (χ2v) is 3.92. The maximum absolute atomic E-state index is 13.3. The van der Waals surface area contributed by atoms with Gasteiger partial charge in [0.05, 0.1) is 6.61 Å². The highest BCUT2D eigenvalue weighted by molar-refractivity contribution is 6.35. The van der Waals surface area contributed by atoms with Crippen molar-refractivity contribution in [3.05, 3.63) is 27.5 Å². The maximum Gasteiger partial charge on any atom is 0.203 e. The summed E-state index contributed by atoms with van der Waals surface area (Å²) >= 11 is 10.6. The van der Waals surface area contributed by atoms with Crippen molar-refractivity contribution in [1.82, 2.24) is 0 Å². The molecular weight excluding hydrogens is 268 g/mol. The number of halogens is 5. The average molecular weight is 273 g/mol. The molecule has 0 amide bonds. The molecule has 1 saturated heterocycles. The van der Waals surface area contributed by atoms with Crippen LogP contribution >= 0.6 is 23.2 Å². The summed E-state index contributed by atoms with van der Waals surface area (Å²) in [5.74, 6) is -4.85. The van der Waals surface area contributed by atoms with E-state index in [0.29, 0.717) is 6.61 Å². The summed E-state index contributed by atoms with van der Waals surface area (Å²) in [6, 6.07) is 0. The average Bonchev–Trinajstić information content (AvgIpc) is 3.07. The molecule has 0 aromatic heterocycles. The summed E-state index contributed by atoms with van der Waals surface area (Å²) in [7, 11) is 0. The molecule has 1 heterocycles. The number of benzene rings is 1. The summed E-state index contributed by atoms with van der Waals surface area (Å²) in [5.41, 5.74) is 0. The molecule has 0 spiro atoms. The van der Waals surface area contributed by atoms with Crippen molar-refractivity contribution in [2.24, 2.45) is 0 Å². The lowest BCUT2D eigenvalue weighted by Gasteiger charge is -2.10. The van der Waals surface area contributed by atoms with Crippen molar-refractivity contribution in [3.8, 4) is 5.75 Å². The van der Waals surface area contributed by atoms with Crippen LogP contribution < -0.4 is 4.74 Å². The van der Waals surface area contributed by atoms with Crippen LogP contribution in [-0.2, 0) is 4.74 Å². The molecule has 0 saturated carbocycles. The van der Waals surface area contributed by atoms with Gasteiger partial charge in [0.25, 0.3) is 0 Å². The second-order valence-electron chi connectivity index (χ2n) is 3.17. The van der Waals surface area contributed by atoms with Gasteiger partial charge in [0.2, 0.25) is 5.82 Å². The Bertz CT molecular complexity index is 406. The molecule has 1 atom stereocenters. The minimum Gasteiger partial charge on any atom is -0.486 e. The van der Waals surface area contributed by atoms with Gasteiger partial charge in [-0.25, -0.2) is 8.78 Å². The van der Waals surface area contributed by atoms with Crippen molar-refractivity contribution in [3.63, 3.8) is 0 Å². The first-order chi connectivity index (χ1) is 7.52. The number of hydrogen-bond donors (Lipinski definition) is 0. The number of hydrogen-bond acceptors (Lipinski definition) is 2. The van der Waals surface area contributed by atoms with Crippen molar-refractivity contribution < 1.29 is 22.6 Å². The molecule has 1 aromatic carbocycles. The van der Waals surface area contributed by atoms with E-state index in [-0.39, 0.29) is 12.7 Å². The van der Waals surface area contributed by atoms with Gasteiger partial charge >= 0.3 is 0 Å². The van der Waals surface area contributed by atoms with Crippen molar-refractivity contribution in [2.45, 2.75) is 6.10 Å². The Labute approximate surface area is 98.9 Å². The Hall–Kier alpha value is -0.650. The van der Waals surface area contributed by atoms with Crippen LogP contribution in [0, 0.1) is 17.5 Å². The molecule has 0 radical (unpaired) electrons. The smallest absolute Gasteiger partial charge is 0.203 e. The van der Waals surface area contributed by atoms with Crippen LogP contribution in [0.5, 0.6) is 5.75 Å². The van der Waals surface area contributed by atoms with E-state index in [9.17, 15) is 13.2 Å². The third-order valence-corrected chi connectivity index (χ3v) is 2.65. The quantitative estimate of drug-likeness (QED) is 0.479. The molecule has 2 nitrogen and oxygen atoms in total. The normalized spacial score (nSPS) is 18.7. The van der Waals surface area contributed by atoms with Gasteiger partial charge in [-0.2, -0.15) is 4.39 Å². The van der Waals surface area contributed by atoms with E-state index in [1.54, 1.807) is 0 Å². The van der Waals surface area contributed by atoms with Crippen LogP contribution in [0.4, 0.5) is 13.2 Å². The van der Waals surface area contributed by atoms with E-state index in [0.717, 1.165) is 0 Å². The zero-order valence-corrected chi connectivity index (χ0v) is 9.21. The van der Waals surface area contributed by atoms with E-state index in [1.165, 1.54) is 0 Å². The number of ether oxygens (including phenoxy) is 2. The monoisotopic (exact) mass is 272 g/mol. The van der Waals surface area contributed by atoms with Gasteiger partial charge in [-0.1, -0.05) is 23.2 Å². The molecule has 7 heteroatoms. The van der Waals surface area contributed by atoms with Crippen LogP contribution in [0.25, 0.3) is 0 Å². The van der Waals surface area contributed by atoms with Gasteiger partial charge in [-0.3, -0.25) is 0 Å². The molecule has 0 N–H and O–H groups in total. The van der Waals surface area contributed by atoms with Crippen LogP contribution in [0.15, 0.2) is 0 Å². The van der Waals surface area contributed by atoms with Crippen molar-refractivity contribution in [2.75, 3.05) is 13.2 Å². The van der Waals surface area contributed by atoms with Crippen LogP contribution in [-0.4, -0.2) is 19.3 Å². The zero-order chi connectivity index (χ0) is 11.9. The molecule has 88 valence electrons. The minimum absolute atomic E-state index is 0.0167. The summed E-state index contributed by atoms with van der Waals surface area (Å²) in [5, 5.41) is -1.66. The molecule has 16 heavy (non-hydrogen) atoms. The number of rotatable bonds is 3. The van der Waals surface area contributed by atoms with E-state index >= 15 is 0 Å². The molecule has 0 bridgehead atoms. The SMILES string of the molecule is Fc1c(F)c(OCC2CO2)c(Cl)c(F)c1Cl. The Morgan fingerprint density at radius 1 is 1.12 bits per heavy atom. The first kappa shape index (κ1) is 11.8. The molecule has 0 aliphatic carbocycles. The molecule has 2 rings (SSSR count). The summed E-state index contributed by atoms with van der Waals surface area (Å²) in [6.07, 6.45) is -0.183. The maximum atomic E-state index is 13.3. The van der Waals surface area contributed by atoms with E-state index in [1.807, 2.05) is 0 Å². The van der Waals surface area contributed by atoms with Gasteiger partial charge in [-0.05, 0) is 0 Å². The lowest BCUT2D eigenvalue weighted by Crippen LogP contribution is -2.08. The zero-order valence-electron chi connectivity index (χ0n) is 7.70. The summed E-state index contributed by atoms with van der Waals surface area (Å²) < 4.78 is 49.2. The van der Waals surface area contributed by atoms with Crippen molar-refractivity contribution >= 4 is 23.2 Å².